The SMILES string of the molecule is Cc1c(Cl)cccc1NC(=O)C(=O)NN=Cc1ccc(OC(=O)c2ccccc2)cc1. The molecular formula is C23H18ClN3O4. The number of nitrogens with zero attached hydrogens (tertiary/aromatic N) is 1. The van der Waals surface area contributed by atoms with Crippen molar-refractivity contribution in [3.05, 3.63) is 94.5 Å². The van der Waals surface area contributed by atoms with Crippen molar-refractivity contribution in [1.82, 2.24) is 5.43 Å². The lowest BCUT2D eigenvalue weighted by Crippen LogP contribution is -2.32. The van der Waals surface area contributed by atoms with E-state index in [4.69, 9.17) is 16.3 Å². The molecule has 3 aromatic carbocycles. The van der Waals surface area contributed by atoms with Gasteiger partial charge in [-0.25, -0.2) is 10.2 Å². The average Bonchev–Trinajstić information content (AvgIpc) is 2.78. The Morgan fingerprint density at radius 1 is 0.903 bits per heavy atom. The topological polar surface area (TPSA) is 96.9 Å². The summed E-state index contributed by atoms with van der Waals surface area (Å²) in [5, 5.41) is 6.72. The van der Waals surface area contributed by atoms with Crippen molar-refractivity contribution in [2.45, 2.75) is 6.92 Å². The van der Waals surface area contributed by atoms with E-state index in [1.807, 2.05) is 6.07 Å². The predicted molar refractivity (Wildman–Crippen MR) is 118 cm³/mol. The first kappa shape index (κ1) is 21.7. The highest BCUT2D eigenvalue weighted by Gasteiger charge is 2.14. The number of carbonyl (C=O) groups excluding carboxylic acids is 3. The number of hydrazone groups is 1. The molecule has 2 N–H and O–H groups in total. The minimum Gasteiger partial charge on any atom is -0.423 e. The van der Waals surface area contributed by atoms with Crippen molar-refractivity contribution < 1.29 is 19.1 Å². The molecule has 0 bridgehead atoms. The first-order chi connectivity index (χ1) is 14.9. The van der Waals surface area contributed by atoms with E-state index in [0.717, 1.165) is 0 Å². The van der Waals surface area contributed by atoms with Crippen molar-refractivity contribution in [2.24, 2.45) is 5.10 Å². The zero-order chi connectivity index (χ0) is 22.2. The van der Waals surface area contributed by atoms with Crippen molar-refractivity contribution in [3.63, 3.8) is 0 Å². The van der Waals surface area contributed by atoms with Crippen LogP contribution in [0.4, 0.5) is 5.69 Å². The summed E-state index contributed by atoms with van der Waals surface area (Å²) in [6, 6.07) is 20.1. The fourth-order valence-corrected chi connectivity index (χ4v) is 2.67. The Bertz CT molecular complexity index is 1130. The van der Waals surface area contributed by atoms with Gasteiger partial charge in [-0.3, -0.25) is 9.59 Å². The molecule has 0 fully saturated rings. The van der Waals surface area contributed by atoms with Crippen LogP contribution in [0.15, 0.2) is 77.9 Å². The Labute approximate surface area is 183 Å². The van der Waals surface area contributed by atoms with Crippen LogP contribution in [0, 0.1) is 6.92 Å². The molecule has 156 valence electrons. The van der Waals surface area contributed by atoms with E-state index >= 15 is 0 Å². The fraction of sp³-hybridized carbons (Fsp3) is 0.0435. The molecule has 0 aliphatic carbocycles. The van der Waals surface area contributed by atoms with E-state index in [1.54, 1.807) is 73.7 Å². The Kier molecular flexibility index (Phi) is 7.13. The van der Waals surface area contributed by atoms with Crippen LogP contribution in [0.25, 0.3) is 0 Å². The van der Waals surface area contributed by atoms with Gasteiger partial charge in [-0.15, -0.1) is 0 Å². The number of hydrogen-bond acceptors (Lipinski definition) is 5. The molecule has 0 saturated heterocycles. The Hall–Kier alpha value is -3.97. The van der Waals surface area contributed by atoms with Crippen LogP contribution in [0.5, 0.6) is 5.75 Å². The van der Waals surface area contributed by atoms with Gasteiger partial charge in [-0.05, 0) is 66.6 Å². The van der Waals surface area contributed by atoms with E-state index in [2.05, 4.69) is 15.8 Å². The lowest BCUT2D eigenvalue weighted by atomic mass is 10.2. The van der Waals surface area contributed by atoms with Gasteiger partial charge in [0.1, 0.15) is 5.75 Å². The molecule has 0 aliphatic rings. The lowest BCUT2D eigenvalue weighted by molar-refractivity contribution is -0.136. The molecule has 0 saturated carbocycles. The summed E-state index contributed by atoms with van der Waals surface area (Å²) in [7, 11) is 0. The van der Waals surface area contributed by atoms with Gasteiger partial charge < -0.3 is 10.1 Å². The molecule has 0 aliphatic heterocycles. The predicted octanol–water partition coefficient (Wildman–Crippen LogP) is 3.96. The van der Waals surface area contributed by atoms with Gasteiger partial charge in [-0.2, -0.15) is 5.10 Å². The second-order valence-corrected chi connectivity index (χ2v) is 6.80. The number of benzene rings is 3. The van der Waals surface area contributed by atoms with Crippen molar-refractivity contribution in [2.75, 3.05) is 5.32 Å². The second-order valence-electron chi connectivity index (χ2n) is 6.39. The first-order valence-corrected chi connectivity index (χ1v) is 9.58. The highest BCUT2D eigenvalue weighted by atomic mass is 35.5. The molecule has 8 heteroatoms. The van der Waals surface area contributed by atoms with E-state index in [9.17, 15) is 14.4 Å². The zero-order valence-electron chi connectivity index (χ0n) is 16.5. The molecule has 0 heterocycles. The summed E-state index contributed by atoms with van der Waals surface area (Å²) in [6.07, 6.45) is 1.36. The molecule has 7 nitrogen and oxygen atoms in total. The quantitative estimate of drug-likeness (QED) is 0.208. The molecule has 2 amide bonds. The zero-order valence-corrected chi connectivity index (χ0v) is 17.2. The van der Waals surface area contributed by atoms with Crippen LogP contribution in [0.2, 0.25) is 5.02 Å². The average molecular weight is 436 g/mol. The minimum absolute atomic E-state index is 0.367. The number of amides is 2. The van der Waals surface area contributed by atoms with Gasteiger partial charge in [0.05, 0.1) is 11.8 Å². The number of carbonyl (C=O) groups is 3. The second kappa shape index (κ2) is 10.2. The van der Waals surface area contributed by atoms with E-state index < -0.39 is 17.8 Å². The Morgan fingerprint density at radius 3 is 2.32 bits per heavy atom. The number of rotatable bonds is 5. The summed E-state index contributed by atoms with van der Waals surface area (Å²) in [5.41, 5.74) is 4.33. The summed E-state index contributed by atoms with van der Waals surface area (Å²) in [6.45, 7) is 1.73. The maximum atomic E-state index is 12.0. The number of esters is 1. The summed E-state index contributed by atoms with van der Waals surface area (Å²) < 4.78 is 5.29. The number of halogens is 1. The summed E-state index contributed by atoms with van der Waals surface area (Å²) >= 11 is 6.00. The molecule has 0 atom stereocenters. The largest absolute Gasteiger partial charge is 0.423 e. The van der Waals surface area contributed by atoms with Crippen LogP contribution in [0.3, 0.4) is 0 Å². The molecule has 0 radical (unpaired) electrons. The fourth-order valence-electron chi connectivity index (χ4n) is 2.50. The van der Waals surface area contributed by atoms with Crippen LogP contribution in [-0.4, -0.2) is 24.0 Å². The minimum atomic E-state index is -0.927. The smallest absolute Gasteiger partial charge is 0.343 e. The normalized spacial score (nSPS) is 10.5. The molecule has 31 heavy (non-hydrogen) atoms. The van der Waals surface area contributed by atoms with E-state index in [-0.39, 0.29) is 0 Å². The van der Waals surface area contributed by atoms with Crippen LogP contribution in [-0.2, 0) is 9.59 Å². The molecular weight excluding hydrogens is 418 g/mol. The summed E-state index contributed by atoms with van der Waals surface area (Å²) in [5.74, 6) is -1.89. The van der Waals surface area contributed by atoms with Gasteiger partial charge >= 0.3 is 17.8 Å². The van der Waals surface area contributed by atoms with Gasteiger partial charge in [0.25, 0.3) is 0 Å². The Morgan fingerprint density at radius 2 is 1.61 bits per heavy atom. The van der Waals surface area contributed by atoms with E-state index in [1.165, 1.54) is 6.21 Å². The van der Waals surface area contributed by atoms with Crippen molar-refractivity contribution in [3.8, 4) is 5.75 Å². The Balaban J connectivity index is 1.52. The molecule has 0 unspecified atom stereocenters. The maximum Gasteiger partial charge on any atom is 0.343 e. The van der Waals surface area contributed by atoms with Gasteiger partial charge in [-0.1, -0.05) is 35.9 Å². The third-order valence-electron chi connectivity index (χ3n) is 4.20. The number of nitrogens with one attached hydrogen (secondary N) is 2. The molecule has 0 spiro atoms. The van der Waals surface area contributed by atoms with Crippen LogP contribution in [0.1, 0.15) is 21.5 Å². The molecule has 0 aromatic heterocycles. The van der Waals surface area contributed by atoms with Crippen molar-refractivity contribution >= 4 is 41.3 Å². The highest BCUT2D eigenvalue weighted by Crippen LogP contribution is 2.22. The molecule has 3 rings (SSSR count). The highest BCUT2D eigenvalue weighted by molar-refractivity contribution is 6.40. The maximum absolute atomic E-state index is 12.0. The van der Waals surface area contributed by atoms with Gasteiger partial charge in [0.15, 0.2) is 0 Å². The summed E-state index contributed by atoms with van der Waals surface area (Å²) in [4.78, 5) is 35.9. The monoisotopic (exact) mass is 435 g/mol. The number of ether oxygens (including phenoxy) is 1. The van der Waals surface area contributed by atoms with E-state index in [0.29, 0.717) is 33.1 Å². The third kappa shape index (κ3) is 6.01. The van der Waals surface area contributed by atoms with Gasteiger partial charge in [0.2, 0.25) is 0 Å². The van der Waals surface area contributed by atoms with Gasteiger partial charge in [0, 0.05) is 10.7 Å². The van der Waals surface area contributed by atoms with Crippen molar-refractivity contribution in [1.29, 1.82) is 0 Å². The number of hydrogen-bond donors (Lipinski definition) is 2. The first-order valence-electron chi connectivity index (χ1n) is 9.21. The van der Waals surface area contributed by atoms with Crippen LogP contribution < -0.4 is 15.5 Å². The standard InChI is InChI=1S/C23H18ClN3O4/c1-15-19(24)8-5-9-20(15)26-21(28)22(29)27-25-14-16-10-12-18(13-11-16)31-23(30)17-6-3-2-4-7-17/h2-14H,1H3,(H,26,28)(H,27,29). The number of anilines is 1. The lowest BCUT2D eigenvalue weighted by Gasteiger charge is -2.08. The molecule has 3 aromatic rings. The van der Waals surface area contributed by atoms with Crippen LogP contribution >= 0.6 is 11.6 Å². The third-order valence-corrected chi connectivity index (χ3v) is 4.61.